The molecule has 0 amide bonds. The Morgan fingerprint density at radius 1 is 1.00 bits per heavy atom. The average Bonchev–Trinajstić information content (AvgIpc) is 2.27. The van der Waals surface area contributed by atoms with Crippen molar-refractivity contribution in [1.29, 1.82) is 0 Å². The van der Waals surface area contributed by atoms with Gasteiger partial charge in [-0.05, 0) is 19.3 Å². The van der Waals surface area contributed by atoms with Crippen molar-refractivity contribution in [3.05, 3.63) is 12.2 Å². The molecular formula is C14H28O. The van der Waals surface area contributed by atoms with E-state index < -0.39 is 0 Å². The van der Waals surface area contributed by atoms with Gasteiger partial charge in [0.1, 0.15) is 0 Å². The minimum Gasteiger partial charge on any atom is -0.377 e. The summed E-state index contributed by atoms with van der Waals surface area (Å²) in [7, 11) is 1.81. The van der Waals surface area contributed by atoms with Crippen molar-refractivity contribution >= 4 is 0 Å². The highest BCUT2D eigenvalue weighted by molar-refractivity contribution is 4.89. The molecule has 0 rings (SSSR count). The van der Waals surface area contributed by atoms with Crippen LogP contribution in [0.15, 0.2) is 12.2 Å². The van der Waals surface area contributed by atoms with Crippen molar-refractivity contribution in [2.24, 2.45) is 0 Å². The van der Waals surface area contributed by atoms with Crippen molar-refractivity contribution in [3.63, 3.8) is 0 Å². The van der Waals surface area contributed by atoms with Crippen molar-refractivity contribution in [1.82, 2.24) is 0 Å². The highest BCUT2D eigenvalue weighted by Crippen LogP contribution is 2.08. The number of rotatable bonds is 10. The van der Waals surface area contributed by atoms with E-state index in [0.717, 1.165) is 0 Å². The Labute approximate surface area is 95.9 Å². The first-order valence-electron chi connectivity index (χ1n) is 6.54. The van der Waals surface area contributed by atoms with Crippen molar-refractivity contribution in [2.45, 2.75) is 71.3 Å². The van der Waals surface area contributed by atoms with Gasteiger partial charge in [0, 0.05) is 7.11 Å². The van der Waals surface area contributed by atoms with E-state index in [-0.39, 0.29) is 0 Å². The van der Waals surface area contributed by atoms with Crippen LogP contribution in [0.4, 0.5) is 0 Å². The third kappa shape index (κ3) is 9.99. The minimum absolute atomic E-state index is 0.344. The molecule has 0 aromatic rings. The van der Waals surface area contributed by atoms with Crippen LogP contribution < -0.4 is 0 Å². The van der Waals surface area contributed by atoms with Crippen LogP contribution in [0.25, 0.3) is 0 Å². The molecule has 0 saturated heterocycles. The zero-order chi connectivity index (χ0) is 11.4. The summed E-state index contributed by atoms with van der Waals surface area (Å²) < 4.78 is 5.39. The van der Waals surface area contributed by atoms with Gasteiger partial charge < -0.3 is 4.74 Å². The van der Waals surface area contributed by atoms with E-state index in [0.29, 0.717) is 6.10 Å². The molecule has 0 aromatic carbocycles. The van der Waals surface area contributed by atoms with Gasteiger partial charge in [-0.15, -0.1) is 0 Å². The number of allylic oxidation sites excluding steroid dienone is 1. The number of methoxy groups -OCH3 is 1. The third-order valence-corrected chi connectivity index (χ3v) is 2.72. The summed E-state index contributed by atoms with van der Waals surface area (Å²) >= 11 is 0. The van der Waals surface area contributed by atoms with Gasteiger partial charge in [0.2, 0.25) is 0 Å². The lowest BCUT2D eigenvalue weighted by atomic mass is 10.1. The summed E-state index contributed by atoms with van der Waals surface area (Å²) in [5, 5.41) is 0. The highest BCUT2D eigenvalue weighted by Gasteiger charge is 2.00. The second kappa shape index (κ2) is 11.8. The van der Waals surface area contributed by atoms with Crippen LogP contribution in [0.2, 0.25) is 0 Å². The van der Waals surface area contributed by atoms with Gasteiger partial charge in [0.25, 0.3) is 0 Å². The Morgan fingerprint density at radius 2 is 1.73 bits per heavy atom. The second-order valence-corrected chi connectivity index (χ2v) is 4.19. The fourth-order valence-electron chi connectivity index (χ4n) is 1.63. The van der Waals surface area contributed by atoms with Gasteiger partial charge in [0.15, 0.2) is 0 Å². The Morgan fingerprint density at radius 3 is 2.33 bits per heavy atom. The molecule has 1 atom stereocenters. The molecule has 0 aromatic heterocycles. The molecule has 0 aliphatic heterocycles. The molecule has 0 radical (unpaired) electrons. The van der Waals surface area contributed by atoms with Gasteiger partial charge in [-0.1, -0.05) is 58.1 Å². The molecule has 0 aliphatic carbocycles. The number of hydrogen-bond donors (Lipinski definition) is 0. The van der Waals surface area contributed by atoms with E-state index in [1.807, 2.05) is 7.11 Å². The third-order valence-electron chi connectivity index (χ3n) is 2.72. The van der Waals surface area contributed by atoms with E-state index in [1.54, 1.807) is 0 Å². The van der Waals surface area contributed by atoms with Gasteiger partial charge in [-0.2, -0.15) is 0 Å². The largest absolute Gasteiger partial charge is 0.377 e. The molecule has 0 fully saturated rings. The Hall–Kier alpha value is -0.300. The number of unbranched alkanes of at least 4 members (excludes halogenated alkanes) is 5. The van der Waals surface area contributed by atoms with Gasteiger partial charge >= 0.3 is 0 Å². The van der Waals surface area contributed by atoms with E-state index >= 15 is 0 Å². The number of ether oxygens (including phenoxy) is 1. The molecule has 90 valence electrons. The van der Waals surface area contributed by atoms with Gasteiger partial charge in [0.05, 0.1) is 6.10 Å². The van der Waals surface area contributed by atoms with E-state index in [2.05, 4.69) is 26.0 Å². The van der Waals surface area contributed by atoms with Gasteiger partial charge in [-0.25, -0.2) is 0 Å². The summed E-state index contributed by atoms with van der Waals surface area (Å²) in [6, 6.07) is 0. The maximum atomic E-state index is 5.39. The summed E-state index contributed by atoms with van der Waals surface area (Å²) in [6.45, 7) is 4.47. The first-order valence-corrected chi connectivity index (χ1v) is 6.54. The molecule has 1 unspecified atom stereocenters. The van der Waals surface area contributed by atoms with Crippen molar-refractivity contribution in [2.75, 3.05) is 7.11 Å². The Kier molecular flexibility index (Phi) is 11.5. The first-order chi connectivity index (χ1) is 7.35. The average molecular weight is 212 g/mol. The Balaban J connectivity index is 3.44. The molecule has 0 heterocycles. The quantitative estimate of drug-likeness (QED) is 0.376. The van der Waals surface area contributed by atoms with Crippen LogP contribution in [0.5, 0.6) is 0 Å². The zero-order valence-electron chi connectivity index (χ0n) is 10.8. The smallest absolute Gasteiger partial charge is 0.0752 e. The summed E-state index contributed by atoms with van der Waals surface area (Å²) in [4.78, 5) is 0. The van der Waals surface area contributed by atoms with E-state index in [4.69, 9.17) is 4.74 Å². The second-order valence-electron chi connectivity index (χ2n) is 4.19. The predicted octanol–water partition coefficient (Wildman–Crippen LogP) is 4.72. The lowest BCUT2D eigenvalue weighted by molar-refractivity contribution is 0.131. The summed E-state index contributed by atoms with van der Waals surface area (Å²) in [5.41, 5.74) is 0. The summed E-state index contributed by atoms with van der Waals surface area (Å²) in [6.07, 6.45) is 15.2. The lowest BCUT2D eigenvalue weighted by Crippen LogP contribution is -2.05. The SMILES string of the molecule is CCCCCC/C=C/C(CCCC)OC. The molecule has 0 bridgehead atoms. The topological polar surface area (TPSA) is 9.23 Å². The van der Waals surface area contributed by atoms with Crippen LogP contribution in [0.1, 0.15) is 65.2 Å². The number of hydrogen-bond acceptors (Lipinski definition) is 1. The normalized spacial score (nSPS) is 13.5. The van der Waals surface area contributed by atoms with Crippen LogP contribution >= 0.6 is 0 Å². The molecule has 0 N–H and O–H groups in total. The maximum Gasteiger partial charge on any atom is 0.0752 e. The molecule has 1 nitrogen and oxygen atoms in total. The fraction of sp³-hybridized carbons (Fsp3) is 0.857. The first kappa shape index (κ1) is 14.7. The van der Waals surface area contributed by atoms with E-state index in [9.17, 15) is 0 Å². The van der Waals surface area contributed by atoms with Crippen LogP contribution in [-0.2, 0) is 4.74 Å². The summed E-state index contributed by atoms with van der Waals surface area (Å²) in [5.74, 6) is 0. The van der Waals surface area contributed by atoms with Crippen LogP contribution in [0.3, 0.4) is 0 Å². The van der Waals surface area contributed by atoms with Crippen molar-refractivity contribution < 1.29 is 4.74 Å². The lowest BCUT2D eigenvalue weighted by Gasteiger charge is -2.09. The fourth-order valence-corrected chi connectivity index (χ4v) is 1.63. The standard InChI is InChI=1S/C14H28O/c1-4-6-8-9-10-11-13-14(15-3)12-7-5-2/h11,13-14H,4-10,12H2,1-3H3/b13-11+. The predicted molar refractivity (Wildman–Crippen MR) is 68.2 cm³/mol. The van der Waals surface area contributed by atoms with Crippen LogP contribution in [-0.4, -0.2) is 13.2 Å². The molecule has 0 spiro atoms. The molecule has 0 saturated carbocycles. The van der Waals surface area contributed by atoms with Crippen LogP contribution in [0, 0.1) is 0 Å². The zero-order valence-corrected chi connectivity index (χ0v) is 10.8. The van der Waals surface area contributed by atoms with Gasteiger partial charge in [-0.3, -0.25) is 0 Å². The molecule has 0 aliphatic rings. The monoisotopic (exact) mass is 212 g/mol. The van der Waals surface area contributed by atoms with E-state index in [1.165, 1.54) is 51.4 Å². The molecule has 15 heavy (non-hydrogen) atoms. The van der Waals surface area contributed by atoms with Crippen molar-refractivity contribution in [3.8, 4) is 0 Å². The highest BCUT2D eigenvalue weighted by atomic mass is 16.5. The maximum absolute atomic E-state index is 5.39. The molecule has 1 heteroatoms. The Bertz CT molecular complexity index is 140. The molecular weight excluding hydrogens is 184 g/mol. The minimum atomic E-state index is 0.344.